The summed E-state index contributed by atoms with van der Waals surface area (Å²) in [5, 5.41) is 20.1. The second-order valence-electron chi connectivity index (χ2n) is 5.70. The summed E-state index contributed by atoms with van der Waals surface area (Å²) in [5.41, 5.74) is -1.87. The van der Waals surface area contributed by atoms with Gasteiger partial charge in [0.25, 0.3) is 0 Å². The zero-order chi connectivity index (χ0) is 30.1. The molecule has 0 aromatic heterocycles. The number of nitrogens with zero attached hydrogens (tertiary/aromatic N) is 2. The van der Waals surface area contributed by atoms with Gasteiger partial charge in [-0.05, 0) is 26.0 Å². The van der Waals surface area contributed by atoms with Crippen molar-refractivity contribution in [2.75, 3.05) is 13.2 Å². The second kappa shape index (κ2) is 21.2. The van der Waals surface area contributed by atoms with Crippen molar-refractivity contribution in [1.82, 2.24) is 0 Å². The molecule has 39 heavy (non-hydrogen) atoms. The largest absolute Gasteiger partial charge is 1.00 e. The molecule has 0 amide bonds. The third-order valence-corrected chi connectivity index (χ3v) is 3.19. The fourth-order valence-corrected chi connectivity index (χ4v) is 1.91. The summed E-state index contributed by atoms with van der Waals surface area (Å²) in [6.07, 6.45) is 0. The first kappa shape index (κ1) is 40.9. The zero-order valence-electron chi connectivity index (χ0n) is 20.0. The minimum atomic E-state index is -4.67. The Hall–Kier alpha value is -2.63. The third kappa shape index (κ3) is 19.1. The molecule has 0 fully saturated rings. The smallest absolute Gasteiger partial charge is 0.635 e. The number of carbonyl (C=O) groups excluding carboxylic acids is 2. The van der Waals surface area contributed by atoms with Gasteiger partial charge in [-0.1, -0.05) is 0 Å². The van der Waals surface area contributed by atoms with Gasteiger partial charge in [0.15, 0.2) is 0 Å². The van der Waals surface area contributed by atoms with Gasteiger partial charge in [0.05, 0.1) is 23.7 Å². The number of carbonyl (C=O) groups is 2. The number of hydrogen-bond donors (Lipinski definition) is 2. The molecule has 2 N–H and O–H groups in total. The van der Waals surface area contributed by atoms with Crippen LogP contribution in [0.1, 0.15) is 34.6 Å². The Morgan fingerprint density at radius 2 is 1.33 bits per heavy atom. The van der Waals surface area contributed by atoms with Gasteiger partial charge < -0.3 is 19.7 Å². The van der Waals surface area contributed by atoms with E-state index in [4.69, 9.17) is 27.7 Å². The van der Waals surface area contributed by atoms with Crippen molar-refractivity contribution in [3.8, 4) is 0 Å². The molecule has 0 bridgehead atoms. The van der Waals surface area contributed by atoms with Crippen LogP contribution in [0.2, 0.25) is 0 Å². The van der Waals surface area contributed by atoms with Crippen LogP contribution in [0.25, 0.3) is 0 Å². The van der Waals surface area contributed by atoms with Crippen molar-refractivity contribution in [3.05, 3.63) is 79.7 Å². The van der Waals surface area contributed by atoms with Crippen LogP contribution < -0.4 is 56.6 Å². The van der Waals surface area contributed by atoms with Gasteiger partial charge in [0, 0.05) is 18.2 Å². The third-order valence-electron chi connectivity index (χ3n) is 3.19. The SMILES string of the molecule is CCOC(=O)c1cc([N+](=O)[O-])c(F)cc1F.CCOC(=O)c1ccc(F)cc1F.O=NO[O-].O=S(=O)(O)O.[K+]. The molecule has 0 radical (unpaired) electrons. The molecule has 15 nitrogen and oxygen atoms in total. The maximum atomic E-state index is 13.1. The van der Waals surface area contributed by atoms with Crippen LogP contribution in [0.15, 0.2) is 35.7 Å². The fourth-order valence-electron chi connectivity index (χ4n) is 1.91. The Balaban J connectivity index is -0.000000504. The summed E-state index contributed by atoms with van der Waals surface area (Å²) in [5.74, 6) is -6.00. The van der Waals surface area contributed by atoms with Crippen LogP contribution >= 0.6 is 0 Å². The molecule has 0 unspecified atom stereocenters. The van der Waals surface area contributed by atoms with Gasteiger partial charge in [0.1, 0.15) is 28.4 Å². The first-order valence-electron chi connectivity index (χ1n) is 9.28. The van der Waals surface area contributed by atoms with Gasteiger partial charge in [0.2, 0.25) is 5.82 Å². The number of hydrogen-bond acceptors (Lipinski definition) is 12. The van der Waals surface area contributed by atoms with Crippen LogP contribution in [-0.2, 0) is 24.9 Å². The normalized spacial score (nSPS) is 9.36. The van der Waals surface area contributed by atoms with Crippen molar-refractivity contribution in [2.24, 2.45) is 5.34 Å². The molecule has 2 aromatic rings. The summed E-state index contributed by atoms with van der Waals surface area (Å²) in [4.78, 5) is 42.2. The fraction of sp³-hybridized carbons (Fsp3) is 0.222. The molecular formula is C18H17F4KN2O13S. The number of halogens is 4. The Morgan fingerprint density at radius 3 is 1.69 bits per heavy atom. The molecular weight excluding hydrogens is 599 g/mol. The average Bonchev–Trinajstić information content (AvgIpc) is 2.78. The van der Waals surface area contributed by atoms with Crippen molar-refractivity contribution in [2.45, 2.75) is 13.8 Å². The van der Waals surface area contributed by atoms with Crippen LogP contribution in [0.4, 0.5) is 23.2 Å². The van der Waals surface area contributed by atoms with Gasteiger partial charge in [-0.3, -0.25) is 19.2 Å². The summed E-state index contributed by atoms with van der Waals surface area (Å²) in [7, 11) is -4.67. The van der Waals surface area contributed by atoms with E-state index in [9.17, 15) is 37.3 Å². The molecule has 0 heterocycles. The minimum absolute atomic E-state index is 0. The van der Waals surface area contributed by atoms with Crippen molar-refractivity contribution >= 4 is 28.0 Å². The van der Waals surface area contributed by atoms with Crippen LogP contribution in [-0.4, -0.2) is 47.6 Å². The zero-order valence-corrected chi connectivity index (χ0v) is 23.9. The molecule has 0 aliphatic heterocycles. The van der Waals surface area contributed by atoms with Gasteiger partial charge in [-0.15, -0.1) is 4.91 Å². The standard InChI is InChI=1S/C9H7F2NO4.C9H8F2O2.K.HNO3.H2O4S/c1-2-16-9(13)5-3-8(12(14)15)7(11)4-6(5)10;1-2-13-9(12)7-4-3-6(10)5-8(7)11;;2-1-4-3;1-5(2,3)4/h3-4H,2H2,1H3;3-5H,2H2,1H3;;3H;(H2,1,2,3,4)/q;;+1;;/p-1. The number of nitro groups is 1. The Morgan fingerprint density at radius 1 is 0.923 bits per heavy atom. The van der Waals surface area contributed by atoms with E-state index in [0.717, 1.165) is 12.1 Å². The summed E-state index contributed by atoms with van der Waals surface area (Å²) in [6, 6.07) is 3.51. The summed E-state index contributed by atoms with van der Waals surface area (Å²) < 4.78 is 91.9. The predicted octanol–water partition coefficient (Wildman–Crippen LogP) is -0.498. The topological polar surface area (TPSA) is 232 Å². The van der Waals surface area contributed by atoms with Crippen molar-refractivity contribution in [1.29, 1.82) is 0 Å². The van der Waals surface area contributed by atoms with Crippen LogP contribution in [0, 0.1) is 38.3 Å². The first-order valence-corrected chi connectivity index (χ1v) is 10.7. The molecule has 212 valence electrons. The van der Waals surface area contributed by atoms with E-state index in [0.29, 0.717) is 12.1 Å². The van der Waals surface area contributed by atoms with Crippen molar-refractivity contribution < 1.29 is 121 Å². The number of esters is 2. The molecule has 2 aromatic carbocycles. The monoisotopic (exact) mass is 616 g/mol. The van der Waals surface area contributed by atoms with Crippen molar-refractivity contribution in [3.63, 3.8) is 0 Å². The number of benzene rings is 2. The van der Waals surface area contributed by atoms with E-state index < -0.39 is 61.8 Å². The average molecular weight is 616 g/mol. The van der Waals surface area contributed by atoms with E-state index >= 15 is 0 Å². The van der Waals surface area contributed by atoms with Crippen LogP contribution in [0.3, 0.4) is 0 Å². The summed E-state index contributed by atoms with van der Waals surface area (Å²) >= 11 is 0. The molecule has 0 spiro atoms. The van der Waals surface area contributed by atoms with E-state index in [2.05, 4.69) is 14.5 Å². The second-order valence-corrected chi connectivity index (χ2v) is 6.60. The quantitative estimate of drug-likeness (QED) is 0.0610. The van der Waals surface area contributed by atoms with E-state index in [1.54, 1.807) is 6.92 Å². The Labute approximate surface area is 259 Å². The predicted molar refractivity (Wildman–Crippen MR) is 112 cm³/mol. The number of rotatable bonds is 6. The van der Waals surface area contributed by atoms with E-state index in [1.807, 2.05) is 0 Å². The molecule has 0 saturated carbocycles. The van der Waals surface area contributed by atoms with Gasteiger partial charge in [-0.2, -0.15) is 12.8 Å². The molecule has 0 saturated heterocycles. The van der Waals surface area contributed by atoms with E-state index in [1.165, 1.54) is 12.3 Å². The van der Waals surface area contributed by atoms with E-state index in [-0.39, 0.29) is 76.2 Å². The molecule has 0 aliphatic rings. The Bertz CT molecular complexity index is 1210. The molecule has 0 aliphatic carbocycles. The number of ether oxygens (including phenoxy) is 2. The molecule has 2 rings (SSSR count). The Kier molecular flexibility index (Phi) is 22.2. The molecule has 0 atom stereocenters. The maximum absolute atomic E-state index is 13.1. The maximum Gasteiger partial charge on any atom is 1.00 e. The van der Waals surface area contributed by atoms with Gasteiger partial charge >= 0.3 is 79.4 Å². The number of nitro benzene ring substituents is 1. The van der Waals surface area contributed by atoms with Crippen LogP contribution in [0.5, 0.6) is 0 Å². The summed E-state index contributed by atoms with van der Waals surface area (Å²) in [6.45, 7) is 3.26. The molecule has 21 heteroatoms. The first-order chi connectivity index (χ1) is 17.5. The minimum Gasteiger partial charge on any atom is -0.635 e. The van der Waals surface area contributed by atoms with Gasteiger partial charge in [-0.25, -0.2) is 22.8 Å².